The molecule has 3 heteroatoms. The topological polar surface area (TPSA) is 21.3 Å². The molecule has 0 atom stereocenters. The molecule has 0 aromatic heterocycles. The van der Waals surface area contributed by atoms with Crippen molar-refractivity contribution in [3.63, 3.8) is 0 Å². The highest BCUT2D eigenvalue weighted by atomic mass is 35.5. The molecule has 0 saturated carbocycles. The number of ether oxygens (including phenoxy) is 1. The summed E-state index contributed by atoms with van der Waals surface area (Å²) in [6.45, 7) is 5.34. The van der Waals surface area contributed by atoms with E-state index in [-0.39, 0.29) is 0 Å². The summed E-state index contributed by atoms with van der Waals surface area (Å²) in [5.74, 6) is 0.898. The van der Waals surface area contributed by atoms with Crippen molar-refractivity contribution in [3.8, 4) is 5.75 Å². The molecule has 0 spiro atoms. The monoisotopic (exact) mass is 351 g/mol. The predicted octanol–water partition coefficient (Wildman–Crippen LogP) is 6.15. The predicted molar refractivity (Wildman–Crippen MR) is 105 cm³/mol. The van der Waals surface area contributed by atoms with Gasteiger partial charge in [0.15, 0.2) is 0 Å². The Morgan fingerprint density at radius 1 is 0.920 bits per heavy atom. The van der Waals surface area contributed by atoms with Crippen LogP contribution in [0.1, 0.15) is 22.3 Å². The largest absolute Gasteiger partial charge is 0.489 e. The van der Waals surface area contributed by atoms with Gasteiger partial charge in [0, 0.05) is 22.8 Å². The summed E-state index contributed by atoms with van der Waals surface area (Å²) in [5, 5.41) is 4.18. The van der Waals surface area contributed by atoms with Gasteiger partial charge < -0.3 is 10.1 Å². The second-order valence-corrected chi connectivity index (χ2v) is 6.61. The van der Waals surface area contributed by atoms with Gasteiger partial charge in [0.25, 0.3) is 0 Å². The zero-order chi connectivity index (χ0) is 17.6. The number of hydrogen-bond donors (Lipinski definition) is 1. The van der Waals surface area contributed by atoms with Crippen molar-refractivity contribution < 1.29 is 4.74 Å². The first-order valence-electron chi connectivity index (χ1n) is 8.38. The minimum Gasteiger partial charge on any atom is -0.489 e. The van der Waals surface area contributed by atoms with Crippen molar-refractivity contribution in [3.05, 3.63) is 94.0 Å². The lowest BCUT2D eigenvalue weighted by atomic mass is 10.1. The molecule has 0 bridgehead atoms. The normalized spacial score (nSPS) is 10.5. The van der Waals surface area contributed by atoms with Gasteiger partial charge in [0.2, 0.25) is 0 Å². The van der Waals surface area contributed by atoms with E-state index in [1.54, 1.807) is 0 Å². The van der Waals surface area contributed by atoms with Gasteiger partial charge >= 0.3 is 0 Å². The number of benzene rings is 3. The summed E-state index contributed by atoms with van der Waals surface area (Å²) in [7, 11) is 0. The van der Waals surface area contributed by atoms with E-state index in [9.17, 15) is 0 Å². The summed E-state index contributed by atoms with van der Waals surface area (Å²) in [5.41, 5.74) is 5.62. The van der Waals surface area contributed by atoms with Crippen molar-refractivity contribution >= 4 is 17.3 Å². The number of aryl methyl sites for hydroxylation is 2. The molecule has 3 rings (SSSR count). The molecule has 25 heavy (non-hydrogen) atoms. The smallest absolute Gasteiger partial charge is 0.124 e. The second-order valence-electron chi connectivity index (χ2n) is 6.20. The Morgan fingerprint density at radius 3 is 2.56 bits per heavy atom. The second kappa shape index (κ2) is 8.09. The number of anilines is 1. The highest BCUT2D eigenvalue weighted by molar-refractivity contribution is 6.31. The van der Waals surface area contributed by atoms with Crippen LogP contribution in [0.3, 0.4) is 0 Å². The third kappa shape index (κ3) is 4.77. The van der Waals surface area contributed by atoms with Crippen LogP contribution >= 0.6 is 11.6 Å². The third-order valence-corrected chi connectivity index (χ3v) is 4.51. The van der Waals surface area contributed by atoms with Gasteiger partial charge in [0.1, 0.15) is 12.4 Å². The van der Waals surface area contributed by atoms with Crippen LogP contribution in [0.4, 0.5) is 5.69 Å². The highest BCUT2D eigenvalue weighted by Gasteiger charge is 2.05. The number of para-hydroxylation sites is 1. The van der Waals surface area contributed by atoms with E-state index in [1.165, 1.54) is 11.1 Å². The van der Waals surface area contributed by atoms with Crippen LogP contribution in [-0.4, -0.2) is 0 Å². The fourth-order valence-electron chi connectivity index (χ4n) is 2.65. The minimum absolute atomic E-state index is 0.565. The van der Waals surface area contributed by atoms with E-state index in [4.69, 9.17) is 16.3 Å². The maximum Gasteiger partial charge on any atom is 0.124 e. The highest BCUT2D eigenvalue weighted by Crippen LogP contribution is 2.23. The molecule has 128 valence electrons. The van der Waals surface area contributed by atoms with Crippen LogP contribution < -0.4 is 10.1 Å². The molecule has 0 aliphatic heterocycles. The van der Waals surface area contributed by atoms with E-state index < -0.39 is 0 Å². The lowest BCUT2D eigenvalue weighted by Gasteiger charge is -2.13. The fourth-order valence-corrected chi connectivity index (χ4v) is 2.83. The first kappa shape index (κ1) is 17.4. The maximum absolute atomic E-state index is 6.19. The zero-order valence-electron chi connectivity index (χ0n) is 14.6. The molecule has 1 N–H and O–H groups in total. The summed E-state index contributed by atoms with van der Waals surface area (Å²) < 4.78 is 6.04. The van der Waals surface area contributed by atoms with Gasteiger partial charge in [-0.05, 0) is 43.2 Å². The maximum atomic E-state index is 6.19. The number of nitrogens with one attached hydrogen (secondary N) is 1. The molecule has 0 aliphatic carbocycles. The Kier molecular flexibility index (Phi) is 5.62. The van der Waals surface area contributed by atoms with Crippen molar-refractivity contribution in [2.75, 3.05) is 5.32 Å². The van der Waals surface area contributed by atoms with Crippen LogP contribution in [0.5, 0.6) is 5.75 Å². The standard InChI is InChI=1S/C22H22ClNO/c1-16-6-5-7-18(12-16)15-25-22-9-4-3-8-19(22)14-24-20-11-10-17(2)21(23)13-20/h3-13,24H,14-15H2,1-2H3. The van der Waals surface area contributed by atoms with Crippen LogP contribution in [-0.2, 0) is 13.2 Å². The molecule has 0 aliphatic rings. The first-order chi connectivity index (χ1) is 12.1. The molecule has 3 aromatic rings. The van der Waals surface area contributed by atoms with E-state index in [0.717, 1.165) is 27.6 Å². The average Bonchev–Trinajstić information content (AvgIpc) is 2.62. The number of rotatable bonds is 6. The van der Waals surface area contributed by atoms with Crippen LogP contribution in [0.15, 0.2) is 66.7 Å². The number of hydrogen-bond acceptors (Lipinski definition) is 2. The van der Waals surface area contributed by atoms with Gasteiger partial charge in [-0.2, -0.15) is 0 Å². The quantitative estimate of drug-likeness (QED) is 0.575. The van der Waals surface area contributed by atoms with Crippen molar-refractivity contribution in [2.45, 2.75) is 27.0 Å². The van der Waals surface area contributed by atoms with Gasteiger partial charge in [-0.3, -0.25) is 0 Å². The Balaban J connectivity index is 1.67. The number of halogens is 1. The molecular formula is C22H22ClNO. The Labute approximate surface area is 154 Å². The van der Waals surface area contributed by atoms with E-state index in [1.807, 2.05) is 43.3 Å². The van der Waals surface area contributed by atoms with Crippen molar-refractivity contribution in [1.29, 1.82) is 0 Å². The van der Waals surface area contributed by atoms with Gasteiger partial charge in [-0.25, -0.2) is 0 Å². The lowest BCUT2D eigenvalue weighted by Crippen LogP contribution is -2.04. The van der Waals surface area contributed by atoms with E-state index >= 15 is 0 Å². The first-order valence-corrected chi connectivity index (χ1v) is 8.76. The van der Waals surface area contributed by atoms with Crippen molar-refractivity contribution in [1.82, 2.24) is 0 Å². The summed E-state index contributed by atoms with van der Waals surface area (Å²) in [4.78, 5) is 0. The van der Waals surface area contributed by atoms with Gasteiger partial charge in [0.05, 0.1) is 0 Å². The lowest BCUT2D eigenvalue weighted by molar-refractivity contribution is 0.303. The van der Waals surface area contributed by atoms with Gasteiger partial charge in [-0.15, -0.1) is 0 Å². The summed E-state index contributed by atoms with van der Waals surface area (Å²) in [6.07, 6.45) is 0. The molecule has 2 nitrogen and oxygen atoms in total. The van der Waals surface area contributed by atoms with Crippen LogP contribution in [0, 0.1) is 13.8 Å². The van der Waals surface area contributed by atoms with Crippen LogP contribution in [0.2, 0.25) is 5.02 Å². The van der Waals surface area contributed by atoms with Gasteiger partial charge in [-0.1, -0.05) is 65.7 Å². The molecule has 0 unspecified atom stereocenters. The molecule has 0 saturated heterocycles. The Morgan fingerprint density at radius 2 is 1.76 bits per heavy atom. The Hall–Kier alpha value is -2.45. The summed E-state index contributed by atoms with van der Waals surface area (Å²) >= 11 is 6.19. The molecule has 0 amide bonds. The van der Waals surface area contributed by atoms with Crippen molar-refractivity contribution in [2.24, 2.45) is 0 Å². The fraction of sp³-hybridized carbons (Fsp3) is 0.182. The molecular weight excluding hydrogens is 330 g/mol. The Bertz CT molecular complexity index is 860. The average molecular weight is 352 g/mol. The summed E-state index contributed by atoms with van der Waals surface area (Å²) in [6, 6.07) is 22.5. The SMILES string of the molecule is Cc1cccc(COc2ccccc2CNc2ccc(C)c(Cl)c2)c1. The van der Waals surface area contributed by atoms with E-state index in [0.29, 0.717) is 13.2 Å². The molecule has 0 radical (unpaired) electrons. The van der Waals surface area contributed by atoms with Crippen LogP contribution in [0.25, 0.3) is 0 Å². The van der Waals surface area contributed by atoms with E-state index in [2.05, 4.69) is 42.6 Å². The third-order valence-electron chi connectivity index (χ3n) is 4.10. The zero-order valence-corrected chi connectivity index (χ0v) is 15.3. The molecule has 0 fully saturated rings. The molecule has 3 aromatic carbocycles. The minimum atomic E-state index is 0.565. The molecule has 0 heterocycles.